The first-order valence-corrected chi connectivity index (χ1v) is 10.5. The summed E-state index contributed by atoms with van der Waals surface area (Å²) >= 11 is 5.28. The van der Waals surface area contributed by atoms with Crippen LogP contribution < -0.4 is 20.7 Å². The van der Waals surface area contributed by atoms with Crippen LogP contribution in [-0.4, -0.2) is 29.1 Å². The highest BCUT2D eigenvalue weighted by Gasteiger charge is 2.15. The van der Waals surface area contributed by atoms with Crippen LogP contribution in [0.2, 0.25) is 0 Å². The van der Waals surface area contributed by atoms with Gasteiger partial charge in [-0.1, -0.05) is 32.0 Å². The molecule has 0 aromatic heterocycles. The second-order valence-corrected chi connectivity index (χ2v) is 7.51. The van der Waals surface area contributed by atoms with Crippen LogP contribution in [0.3, 0.4) is 0 Å². The molecule has 0 fully saturated rings. The van der Waals surface area contributed by atoms with Crippen LogP contribution in [0.25, 0.3) is 0 Å². The summed E-state index contributed by atoms with van der Waals surface area (Å²) in [5, 5.41) is 8.64. The van der Waals surface area contributed by atoms with Gasteiger partial charge in [-0.05, 0) is 69.2 Å². The molecule has 2 aromatic rings. The number of thiocarbonyl (C=S) groups is 1. The van der Waals surface area contributed by atoms with Crippen LogP contribution in [-0.2, 0) is 0 Å². The lowest BCUT2D eigenvalue weighted by Gasteiger charge is -2.16. The molecular formula is C23H29N3O3S. The zero-order valence-corrected chi connectivity index (χ0v) is 18.6. The first-order valence-electron chi connectivity index (χ1n) is 10.1. The zero-order valence-electron chi connectivity index (χ0n) is 17.8. The fourth-order valence-electron chi connectivity index (χ4n) is 2.55. The second kappa shape index (κ2) is 11.3. The Morgan fingerprint density at radius 3 is 2.43 bits per heavy atom. The molecule has 0 saturated carbocycles. The SMILES string of the molecule is CCC(C)NC(=O)c1ccccc1NC(=S)NC(=O)c1cccc(OC(C)CC)c1. The number of ether oxygens (including phenoxy) is 1. The Labute approximate surface area is 183 Å². The van der Waals surface area contributed by atoms with E-state index in [2.05, 4.69) is 16.0 Å². The predicted molar refractivity (Wildman–Crippen MR) is 124 cm³/mol. The van der Waals surface area contributed by atoms with Gasteiger partial charge in [-0.3, -0.25) is 14.9 Å². The van der Waals surface area contributed by atoms with Gasteiger partial charge in [0.15, 0.2) is 5.11 Å². The Kier molecular flexibility index (Phi) is 8.80. The van der Waals surface area contributed by atoms with Gasteiger partial charge in [-0.25, -0.2) is 0 Å². The number of benzene rings is 2. The van der Waals surface area contributed by atoms with Gasteiger partial charge in [-0.15, -0.1) is 0 Å². The Morgan fingerprint density at radius 1 is 1.00 bits per heavy atom. The van der Waals surface area contributed by atoms with Crippen LogP contribution in [0, 0.1) is 0 Å². The largest absolute Gasteiger partial charge is 0.491 e. The maximum atomic E-state index is 12.6. The van der Waals surface area contributed by atoms with E-state index in [-0.39, 0.29) is 29.1 Å². The van der Waals surface area contributed by atoms with Gasteiger partial charge in [-0.2, -0.15) is 0 Å². The van der Waals surface area contributed by atoms with E-state index < -0.39 is 0 Å². The number of hydrogen-bond acceptors (Lipinski definition) is 4. The maximum Gasteiger partial charge on any atom is 0.257 e. The number of amides is 2. The molecule has 2 amide bonds. The van der Waals surface area contributed by atoms with Crippen molar-refractivity contribution in [2.75, 3.05) is 5.32 Å². The van der Waals surface area contributed by atoms with Crippen molar-refractivity contribution in [2.45, 2.75) is 52.7 Å². The number of rotatable bonds is 8. The summed E-state index contributed by atoms with van der Waals surface area (Å²) in [5.41, 5.74) is 1.42. The lowest BCUT2D eigenvalue weighted by Crippen LogP contribution is -2.36. The first kappa shape index (κ1) is 23.3. The van der Waals surface area contributed by atoms with Crippen molar-refractivity contribution in [3.63, 3.8) is 0 Å². The molecule has 0 aliphatic carbocycles. The molecule has 2 aromatic carbocycles. The summed E-state index contributed by atoms with van der Waals surface area (Å²) in [4.78, 5) is 25.1. The van der Waals surface area contributed by atoms with E-state index >= 15 is 0 Å². The molecule has 2 atom stereocenters. The summed E-state index contributed by atoms with van der Waals surface area (Å²) in [6.45, 7) is 7.95. The van der Waals surface area contributed by atoms with E-state index in [1.54, 1.807) is 42.5 Å². The van der Waals surface area contributed by atoms with Crippen molar-refractivity contribution in [1.82, 2.24) is 10.6 Å². The quantitative estimate of drug-likeness (QED) is 0.540. The molecular weight excluding hydrogens is 398 g/mol. The number of carbonyl (C=O) groups excluding carboxylic acids is 2. The summed E-state index contributed by atoms with van der Waals surface area (Å²) < 4.78 is 5.76. The average Bonchev–Trinajstić information content (AvgIpc) is 2.73. The lowest BCUT2D eigenvalue weighted by atomic mass is 10.1. The van der Waals surface area contributed by atoms with Crippen molar-refractivity contribution in [3.8, 4) is 5.75 Å². The highest BCUT2D eigenvalue weighted by atomic mass is 32.1. The molecule has 2 rings (SSSR count). The number of nitrogens with one attached hydrogen (secondary N) is 3. The van der Waals surface area contributed by atoms with Crippen molar-refractivity contribution < 1.29 is 14.3 Å². The molecule has 0 aliphatic rings. The molecule has 0 heterocycles. The molecule has 0 bridgehead atoms. The summed E-state index contributed by atoms with van der Waals surface area (Å²) in [6.07, 6.45) is 1.76. The van der Waals surface area contributed by atoms with Crippen LogP contribution in [0.1, 0.15) is 61.3 Å². The molecule has 0 spiro atoms. The Morgan fingerprint density at radius 2 is 1.73 bits per heavy atom. The van der Waals surface area contributed by atoms with Crippen molar-refractivity contribution in [2.24, 2.45) is 0 Å². The van der Waals surface area contributed by atoms with Gasteiger partial charge in [0.05, 0.1) is 17.4 Å². The molecule has 0 radical (unpaired) electrons. The van der Waals surface area contributed by atoms with Crippen LogP contribution >= 0.6 is 12.2 Å². The van der Waals surface area contributed by atoms with Crippen LogP contribution in [0.4, 0.5) is 5.69 Å². The van der Waals surface area contributed by atoms with E-state index in [1.165, 1.54) is 0 Å². The third kappa shape index (κ3) is 6.84. The van der Waals surface area contributed by atoms with Gasteiger partial charge < -0.3 is 15.4 Å². The van der Waals surface area contributed by atoms with E-state index in [4.69, 9.17) is 17.0 Å². The molecule has 30 heavy (non-hydrogen) atoms. The van der Waals surface area contributed by atoms with Crippen molar-refractivity contribution in [3.05, 3.63) is 59.7 Å². The van der Waals surface area contributed by atoms with E-state index in [1.807, 2.05) is 33.8 Å². The molecule has 3 N–H and O–H groups in total. The Balaban J connectivity index is 2.05. The molecule has 2 unspecified atom stereocenters. The normalized spacial score (nSPS) is 12.4. The van der Waals surface area contributed by atoms with Crippen LogP contribution in [0.5, 0.6) is 5.75 Å². The molecule has 0 saturated heterocycles. The minimum atomic E-state index is -0.358. The second-order valence-electron chi connectivity index (χ2n) is 7.10. The van der Waals surface area contributed by atoms with E-state index in [0.29, 0.717) is 22.6 Å². The van der Waals surface area contributed by atoms with E-state index in [0.717, 1.165) is 12.8 Å². The van der Waals surface area contributed by atoms with Gasteiger partial charge in [0, 0.05) is 11.6 Å². The number of para-hydroxylation sites is 1. The van der Waals surface area contributed by atoms with Gasteiger partial charge in [0.2, 0.25) is 0 Å². The summed E-state index contributed by atoms with van der Waals surface area (Å²) in [7, 11) is 0. The van der Waals surface area contributed by atoms with Crippen molar-refractivity contribution in [1.29, 1.82) is 0 Å². The third-order valence-electron chi connectivity index (χ3n) is 4.65. The number of hydrogen-bond donors (Lipinski definition) is 3. The van der Waals surface area contributed by atoms with Gasteiger partial charge in [0.1, 0.15) is 5.75 Å². The van der Waals surface area contributed by atoms with E-state index in [9.17, 15) is 9.59 Å². The number of carbonyl (C=O) groups is 2. The highest BCUT2D eigenvalue weighted by molar-refractivity contribution is 7.80. The van der Waals surface area contributed by atoms with Crippen LogP contribution in [0.15, 0.2) is 48.5 Å². The lowest BCUT2D eigenvalue weighted by molar-refractivity contribution is 0.0938. The Hall–Kier alpha value is -2.93. The standard InChI is InChI=1S/C23H29N3O3S/c1-5-15(3)24-22(28)19-12-7-8-13-20(19)25-23(30)26-21(27)17-10-9-11-18(14-17)29-16(4)6-2/h7-16H,5-6H2,1-4H3,(H,24,28)(H2,25,26,27,30). The summed E-state index contributed by atoms with van der Waals surface area (Å²) in [5.74, 6) is 0.0723. The van der Waals surface area contributed by atoms with Gasteiger partial charge in [0.25, 0.3) is 11.8 Å². The maximum absolute atomic E-state index is 12.6. The highest BCUT2D eigenvalue weighted by Crippen LogP contribution is 2.17. The molecule has 7 heteroatoms. The minimum Gasteiger partial charge on any atom is -0.491 e. The zero-order chi connectivity index (χ0) is 22.1. The predicted octanol–water partition coefficient (Wildman–Crippen LogP) is 4.52. The van der Waals surface area contributed by atoms with Crippen molar-refractivity contribution >= 4 is 34.8 Å². The fourth-order valence-corrected chi connectivity index (χ4v) is 2.75. The third-order valence-corrected chi connectivity index (χ3v) is 4.85. The van der Waals surface area contributed by atoms with Gasteiger partial charge >= 0.3 is 0 Å². The minimum absolute atomic E-state index is 0.0575. The molecule has 160 valence electrons. The smallest absolute Gasteiger partial charge is 0.257 e. The molecule has 0 aliphatic heterocycles. The first-order chi connectivity index (χ1) is 14.3. The Bertz CT molecular complexity index is 901. The average molecular weight is 428 g/mol. The monoisotopic (exact) mass is 427 g/mol. The molecule has 6 nitrogen and oxygen atoms in total. The fraction of sp³-hybridized carbons (Fsp3) is 0.348. The topological polar surface area (TPSA) is 79.5 Å². The summed E-state index contributed by atoms with van der Waals surface area (Å²) in [6, 6.07) is 14.0. The number of anilines is 1.